The third-order valence-corrected chi connectivity index (χ3v) is 3.33. The van der Waals surface area contributed by atoms with Crippen LogP contribution in [-0.2, 0) is 11.2 Å². The molecule has 0 aromatic heterocycles. The average Bonchev–Trinajstić information content (AvgIpc) is 2.37. The van der Waals surface area contributed by atoms with Gasteiger partial charge in [0.25, 0.3) is 0 Å². The second-order valence-corrected chi connectivity index (χ2v) is 4.79. The first-order valence-corrected chi connectivity index (χ1v) is 6.54. The van der Waals surface area contributed by atoms with Gasteiger partial charge in [0.15, 0.2) is 0 Å². The van der Waals surface area contributed by atoms with E-state index in [4.69, 9.17) is 0 Å². The predicted octanol–water partition coefficient (Wildman–Crippen LogP) is 2.42. The van der Waals surface area contributed by atoms with Crippen molar-refractivity contribution in [2.24, 2.45) is 0 Å². The molecule has 0 aliphatic rings. The Kier molecular flexibility index (Phi) is 8.44. The van der Waals surface area contributed by atoms with Crippen LogP contribution in [0.15, 0.2) is 24.3 Å². The number of likely N-dealkylation sites (N-methyl/N-ethyl adjacent to an activating group) is 2. The summed E-state index contributed by atoms with van der Waals surface area (Å²) in [4.78, 5) is 13.7. The first-order chi connectivity index (χ1) is 8.58. The lowest BCUT2D eigenvalue weighted by molar-refractivity contribution is -0.130. The normalized spacial score (nSPS) is 11.6. The van der Waals surface area contributed by atoms with E-state index in [1.54, 1.807) is 7.05 Å². The van der Waals surface area contributed by atoms with Crippen molar-refractivity contribution in [2.75, 3.05) is 20.6 Å². The van der Waals surface area contributed by atoms with Crippen LogP contribution in [0.1, 0.15) is 24.5 Å². The molecule has 1 unspecified atom stereocenters. The molecule has 0 heterocycles. The predicted molar refractivity (Wildman–Crippen MR) is 82.9 cm³/mol. The van der Waals surface area contributed by atoms with E-state index in [1.807, 2.05) is 11.9 Å². The van der Waals surface area contributed by atoms with Gasteiger partial charge in [0, 0.05) is 13.1 Å². The number of hydrogen-bond acceptors (Lipinski definition) is 2. The molecule has 0 saturated heterocycles. The summed E-state index contributed by atoms with van der Waals surface area (Å²) in [5.41, 5.74) is 2.56. The molecule has 1 atom stereocenters. The van der Waals surface area contributed by atoms with Gasteiger partial charge in [0.05, 0.1) is 6.54 Å². The molecular weight excluding hydrogens is 260 g/mol. The summed E-state index contributed by atoms with van der Waals surface area (Å²) in [5.74, 6) is 0.150. The minimum absolute atomic E-state index is 0. The largest absolute Gasteiger partial charge is 0.341 e. The van der Waals surface area contributed by atoms with E-state index < -0.39 is 0 Å². The van der Waals surface area contributed by atoms with Crippen molar-refractivity contribution < 1.29 is 4.79 Å². The highest BCUT2D eigenvalue weighted by Crippen LogP contribution is 2.12. The molecule has 108 valence electrons. The molecule has 0 bridgehead atoms. The summed E-state index contributed by atoms with van der Waals surface area (Å²) in [6.45, 7) is 4.62. The van der Waals surface area contributed by atoms with Crippen LogP contribution >= 0.6 is 12.4 Å². The molecule has 0 fully saturated rings. The van der Waals surface area contributed by atoms with Crippen LogP contribution in [-0.4, -0.2) is 37.5 Å². The standard InChI is InChI=1S/C15H24N2O.ClH/c1-5-14(17(4)15(18)11-16-3)10-13-8-6-12(2)7-9-13;/h6-9,14,16H,5,10-11H2,1-4H3;1H. The van der Waals surface area contributed by atoms with E-state index in [9.17, 15) is 4.79 Å². The van der Waals surface area contributed by atoms with Crippen LogP contribution in [0.4, 0.5) is 0 Å². The number of carbonyl (C=O) groups is 1. The molecule has 0 saturated carbocycles. The molecule has 1 aromatic carbocycles. The molecule has 0 aliphatic heterocycles. The first-order valence-electron chi connectivity index (χ1n) is 6.54. The SMILES string of the molecule is CCC(Cc1ccc(C)cc1)N(C)C(=O)CNC.Cl. The lowest BCUT2D eigenvalue weighted by Crippen LogP contribution is -2.42. The van der Waals surface area contributed by atoms with Gasteiger partial charge in [-0.15, -0.1) is 12.4 Å². The zero-order valence-corrected chi connectivity index (χ0v) is 13.1. The third kappa shape index (κ3) is 5.62. The van der Waals surface area contributed by atoms with Crippen molar-refractivity contribution in [3.63, 3.8) is 0 Å². The monoisotopic (exact) mass is 284 g/mol. The van der Waals surface area contributed by atoms with Crippen molar-refractivity contribution >= 4 is 18.3 Å². The minimum atomic E-state index is 0. The van der Waals surface area contributed by atoms with Crippen molar-refractivity contribution in [2.45, 2.75) is 32.7 Å². The van der Waals surface area contributed by atoms with Gasteiger partial charge in [-0.25, -0.2) is 0 Å². The van der Waals surface area contributed by atoms with Gasteiger partial charge >= 0.3 is 0 Å². The maximum absolute atomic E-state index is 11.9. The van der Waals surface area contributed by atoms with Crippen LogP contribution < -0.4 is 5.32 Å². The number of benzene rings is 1. The molecule has 19 heavy (non-hydrogen) atoms. The van der Waals surface area contributed by atoms with E-state index in [1.165, 1.54) is 11.1 Å². The molecular formula is C15H25ClN2O. The molecule has 0 spiro atoms. The summed E-state index contributed by atoms with van der Waals surface area (Å²) >= 11 is 0. The fourth-order valence-corrected chi connectivity index (χ4v) is 2.03. The smallest absolute Gasteiger partial charge is 0.236 e. The van der Waals surface area contributed by atoms with Crippen molar-refractivity contribution in [1.82, 2.24) is 10.2 Å². The average molecular weight is 285 g/mol. The van der Waals surface area contributed by atoms with Gasteiger partial charge in [-0.3, -0.25) is 4.79 Å². The Morgan fingerprint density at radius 3 is 2.37 bits per heavy atom. The highest BCUT2D eigenvalue weighted by atomic mass is 35.5. The number of halogens is 1. The molecule has 4 heteroatoms. The van der Waals surface area contributed by atoms with E-state index in [0.717, 1.165) is 12.8 Å². The molecule has 0 radical (unpaired) electrons. The van der Waals surface area contributed by atoms with E-state index in [2.05, 4.69) is 43.4 Å². The van der Waals surface area contributed by atoms with Gasteiger partial charge in [0.1, 0.15) is 0 Å². The number of rotatable bonds is 6. The number of nitrogens with one attached hydrogen (secondary N) is 1. The van der Waals surface area contributed by atoms with Gasteiger partial charge in [0.2, 0.25) is 5.91 Å². The van der Waals surface area contributed by atoms with Gasteiger partial charge in [-0.05, 0) is 32.4 Å². The second-order valence-electron chi connectivity index (χ2n) is 4.79. The minimum Gasteiger partial charge on any atom is -0.341 e. The van der Waals surface area contributed by atoms with Gasteiger partial charge < -0.3 is 10.2 Å². The number of aryl methyl sites for hydroxylation is 1. The quantitative estimate of drug-likeness (QED) is 0.870. The van der Waals surface area contributed by atoms with Crippen molar-refractivity contribution in [3.8, 4) is 0 Å². The number of hydrogen-bond donors (Lipinski definition) is 1. The highest BCUT2D eigenvalue weighted by molar-refractivity contribution is 5.85. The maximum atomic E-state index is 11.9. The van der Waals surface area contributed by atoms with Crippen LogP contribution in [0.3, 0.4) is 0 Å². The summed E-state index contributed by atoms with van der Waals surface area (Å²) in [6.07, 6.45) is 1.89. The van der Waals surface area contributed by atoms with Crippen LogP contribution in [0.5, 0.6) is 0 Å². The van der Waals surface area contributed by atoms with Crippen LogP contribution in [0.2, 0.25) is 0 Å². The molecule has 1 aromatic rings. The van der Waals surface area contributed by atoms with Crippen LogP contribution in [0, 0.1) is 6.92 Å². The highest BCUT2D eigenvalue weighted by Gasteiger charge is 2.17. The summed E-state index contributed by atoms with van der Waals surface area (Å²) in [5, 5.41) is 2.91. The Balaban J connectivity index is 0.00000324. The van der Waals surface area contributed by atoms with E-state index in [0.29, 0.717) is 6.54 Å². The topological polar surface area (TPSA) is 32.3 Å². The molecule has 1 N–H and O–H groups in total. The van der Waals surface area contributed by atoms with Crippen molar-refractivity contribution in [1.29, 1.82) is 0 Å². The lowest BCUT2D eigenvalue weighted by Gasteiger charge is -2.27. The molecule has 1 rings (SSSR count). The third-order valence-electron chi connectivity index (χ3n) is 3.33. The van der Waals surface area contributed by atoms with E-state index in [-0.39, 0.29) is 24.4 Å². The van der Waals surface area contributed by atoms with Gasteiger partial charge in [-0.2, -0.15) is 0 Å². The van der Waals surface area contributed by atoms with E-state index >= 15 is 0 Å². The summed E-state index contributed by atoms with van der Waals surface area (Å²) in [7, 11) is 3.69. The number of nitrogens with zero attached hydrogens (tertiary/aromatic N) is 1. The zero-order chi connectivity index (χ0) is 13.5. The molecule has 1 amide bonds. The first kappa shape index (κ1) is 17.9. The fourth-order valence-electron chi connectivity index (χ4n) is 2.03. The summed E-state index contributed by atoms with van der Waals surface area (Å²) in [6, 6.07) is 8.81. The Morgan fingerprint density at radius 2 is 1.89 bits per heavy atom. The second kappa shape index (κ2) is 8.94. The zero-order valence-electron chi connectivity index (χ0n) is 12.3. The summed E-state index contributed by atoms with van der Waals surface area (Å²) < 4.78 is 0. The molecule has 0 aliphatic carbocycles. The fraction of sp³-hybridized carbons (Fsp3) is 0.533. The van der Waals surface area contributed by atoms with Crippen LogP contribution in [0.25, 0.3) is 0 Å². The Morgan fingerprint density at radius 1 is 1.32 bits per heavy atom. The van der Waals surface area contributed by atoms with Crippen molar-refractivity contribution in [3.05, 3.63) is 35.4 Å². The number of carbonyl (C=O) groups excluding carboxylic acids is 1. The Labute approximate surface area is 122 Å². The Bertz CT molecular complexity index is 378. The molecule has 3 nitrogen and oxygen atoms in total. The lowest BCUT2D eigenvalue weighted by atomic mass is 10.0. The number of amides is 1. The Hall–Kier alpha value is -1.06. The van der Waals surface area contributed by atoms with Gasteiger partial charge in [-0.1, -0.05) is 36.8 Å². The maximum Gasteiger partial charge on any atom is 0.236 e.